The Hall–Kier alpha value is -4.01. The van der Waals surface area contributed by atoms with Gasteiger partial charge in [-0.25, -0.2) is 4.98 Å². The highest BCUT2D eigenvalue weighted by Gasteiger charge is 2.24. The fourth-order valence-corrected chi connectivity index (χ4v) is 6.21. The molecule has 0 aliphatic carbocycles. The normalized spacial score (nSPS) is 12.3. The fourth-order valence-electron chi connectivity index (χ4n) is 5.08. The van der Waals surface area contributed by atoms with Crippen molar-refractivity contribution in [3.05, 3.63) is 96.6 Å². The molecule has 6 rings (SSSR count). The van der Waals surface area contributed by atoms with E-state index in [1.54, 1.807) is 0 Å². The van der Waals surface area contributed by atoms with Crippen molar-refractivity contribution in [1.29, 1.82) is 5.26 Å². The van der Waals surface area contributed by atoms with Crippen molar-refractivity contribution in [1.82, 2.24) is 9.55 Å². The molecule has 37 heavy (non-hydrogen) atoms. The molecule has 0 bridgehead atoms. The van der Waals surface area contributed by atoms with Gasteiger partial charge in [-0.05, 0) is 73.2 Å². The molecule has 5 aromatic rings. The summed E-state index contributed by atoms with van der Waals surface area (Å²) in [4.78, 5) is 10.1. The minimum absolute atomic E-state index is 0.651. The third-order valence-electron chi connectivity index (χ3n) is 6.94. The van der Waals surface area contributed by atoms with Crippen molar-refractivity contribution in [2.24, 2.45) is 0 Å². The number of para-hydroxylation sites is 3. The SMILES string of the molecule is CCCCCCN1c2ccccc2Sc2cc(-c3nc4ccccc4n3-c3ccc(C#N)cc3)ccc21. The second-order valence-corrected chi connectivity index (χ2v) is 10.5. The maximum Gasteiger partial charge on any atom is 0.145 e. The van der Waals surface area contributed by atoms with Gasteiger partial charge in [-0.15, -0.1) is 0 Å². The topological polar surface area (TPSA) is 44.9 Å². The molecule has 0 spiro atoms. The largest absolute Gasteiger partial charge is 0.340 e. The van der Waals surface area contributed by atoms with Crippen LogP contribution in [0.5, 0.6) is 0 Å². The number of anilines is 2. The number of nitriles is 1. The van der Waals surface area contributed by atoms with Crippen molar-refractivity contribution in [2.75, 3.05) is 11.4 Å². The third-order valence-corrected chi connectivity index (χ3v) is 8.05. The number of benzene rings is 4. The van der Waals surface area contributed by atoms with Crippen LogP contribution < -0.4 is 4.90 Å². The van der Waals surface area contributed by atoms with E-state index >= 15 is 0 Å². The molecule has 0 saturated heterocycles. The first-order chi connectivity index (χ1) is 18.3. The van der Waals surface area contributed by atoms with Crippen molar-refractivity contribution >= 4 is 34.2 Å². The molecule has 0 radical (unpaired) electrons. The van der Waals surface area contributed by atoms with E-state index < -0.39 is 0 Å². The highest BCUT2D eigenvalue weighted by Crippen LogP contribution is 2.49. The van der Waals surface area contributed by atoms with Crippen molar-refractivity contribution in [3.8, 4) is 23.1 Å². The maximum absolute atomic E-state index is 9.27. The van der Waals surface area contributed by atoms with Gasteiger partial charge in [0.2, 0.25) is 0 Å². The van der Waals surface area contributed by atoms with E-state index in [4.69, 9.17) is 4.98 Å². The van der Waals surface area contributed by atoms with Gasteiger partial charge in [0, 0.05) is 27.6 Å². The lowest BCUT2D eigenvalue weighted by molar-refractivity contribution is 0.666. The highest BCUT2D eigenvalue weighted by atomic mass is 32.2. The monoisotopic (exact) mass is 500 g/mol. The average molecular weight is 501 g/mol. The Morgan fingerprint density at radius 3 is 2.43 bits per heavy atom. The minimum Gasteiger partial charge on any atom is -0.340 e. The van der Waals surface area contributed by atoms with Gasteiger partial charge < -0.3 is 4.90 Å². The Morgan fingerprint density at radius 2 is 1.59 bits per heavy atom. The number of hydrogen-bond acceptors (Lipinski definition) is 4. The Bertz CT molecular complexity index is 1610. The number of nitrogens with zero attached hydrogens (tertiary/aromatic N) is 4. The van der Waals surface area contributed by atoms with Crippen LogP contribution in [0.3, 0.4) is 0 Å². The molecule has 0 unspecified atom stereocenters. The molecule has 2 heterocycles. The summed E-state index contributed by atoms with van der Waals surface area (Å²) in [5.74, 6) is 0.905. The molecule has 0 fully saturated rings. The first-order valence-corrected chi connectivity index (χ1v) is 13.8. The van der Waals surface area contributed by atoms with Gasteiger partial charge >= 0.3 is 0 Å². The predicted molar refractivity (Wildman–Crippen MR) is 153 cm³/mol. The van der Waals surface area contributed by atoms with Crippen LogP contribution in [0.4, 0.5) is 11.4 Å². The van der Waals surface area contributed by atoms with Crippen LogP contribution in [-0.2, 0) is 0 Å². The third kappa shape index (κ3) is 4.39. The summed E-state index contributed by atoms with van der Waals surface area (Å²) >= 11 is 1.84. The van der Waals surface area contributed by atoms with Gasteiger partial charge in [-0.3, -0.25) is 4.57 Å². The minimum atomic E-state index is 0.651. The molecular formula is C32H28N4S. The smallest absolute Gasteiger partial charge is 0.145 e. The lowest BCUT2D eigenvalue weighted by atomic mass is 10.1. The van der Waals surface area contributed by atoms with Crippen LogP contribution in [0.15, 0.2) is 101 Å². The molecule has 4 aromatic carbocycles. The Labute approximate surface area is 222 Å². The zero-order valence-corrected chi connectivity index (χ0v) is 21.7. The summed E-state index contributed by atoms with van der Waals surface area (Å²) in [6.07, 6.45) is 4.96. The van der Waals surface area contributed by atoms with Crippen LogP contribution in [0.2, 0.25) is 0 Å². The van der Waals surface area contributed by atoms with Crippen LogP contribution >= 0.6 is 11.8 Å². The summed E-state index contributed by atoms with van der Waals surface area (Å²) in [6, 6.07) is 33.6. The molecule has 0 atom stereocenters. The fraction of sp³-hybridized carbons (Fsp3) is 0.188. The van der Waals surface area contributed by atoms with Gasteiger partial charge in [0.15, 0.2) is 0 Å². The Balaban J connectivity index is 1.45. The molecule has 182 valence electrons. The second kappa shape index (κ2) is 10.2. The van der Waals surface area contributed by atoms with E-state index in [0.717, 1.165) is 34.7 Å². The zero-order valence-electron chi connectivity index (χ0n) is 20.9. The molecule has 5 heteroatoms. The molecule has 1 aliphatic heterocycles. The highest BCUT2D eigenvalue weighted by molar-refractivity contribution is 7.99. The first kappa shape index (κ1) is 23.4. The summed E-state index contributed by atoms with van der Waals surface area (Å²) in [7, 11) is 0. The molecule has 0 saturated carbocycles. The lowest BCUT2D eigenvalue weighted by Crippen LogP contribution is -2.22. The van der Waals surface area contributed by atoms with E-state index in [9.17, 15) is 5.26 Å². The molecular weight excluding hydrogens is 472 g/mol. The van der Waals surface area contributed by atoms with Crippen molar-refractivity contribution in [2.45, 2.75) is 42.4 Å². The number of aromatic nitrogens is 2. The summed E-state index contributed by atoms with van der Waals surface area (Å²) in [5, 5.41) is 9.27. The van der Waals surface area contributed by atoms with Gasteiger partial charge in [-0.2, -0.15) is 5.26 Å². The molecule has 4 nitrogen and oxygen atoms in total. The van der Waals surface area contributed by atoms with E-state index in [2.05, 4.69) is 77.1 Å². The average Bonchev–Trinajstić information content (AvgIpc) is 3.34. The number of rotatable bonds is 7. The summed E-state index contributed by atoms with van der Waals surface area (Å²) in [5.41, 5.74) is 7.30. The molecule has 1 aliphatic rings. The summed E-state index contributed by atoms with van der Waals surface area (Å²) < 4.78 is 2.20. The van der Waals surface area contributed by atoms with Crippen molar-refractivity contribution in [3.63, 3.8) is 0 Å². The standard InChI is InChI=1S/C32H28N4S/c1-2-3-4-9-20-35-28-12-7-8-13-30(28)37-31-21-24(16-19-29(31)35)32-34-26-10-5-6-11-27(26)36(32)25-17-14-23(22-33)15-18-25/h5-8,10-19,21H,2-4,9,20H2,1H3. The van der Waals surface area contributed by atoms with Gasteiger partial charge in [0.05, 0.1) is 34.0 Å². The Kier molecular flexibility index (Phi) is 6.42. The first-order valence-electron chi connectivity index (χ1n) is 12.9. The number of hydrogen-bond donors (Lipinski definition) is 0. The van der Waals surface area contributed by atoms with Gasteiger partial charge in [0.1, 0.15) is 5.82 Å². The summed E-state index contributed by atoms with van der Waals surface area (Å²) in [6.45, 7) is 3.28. The molecule has 0 N–H and O–H groups in total. The number of fused-ring (bicyclic) bond motifs is 3. The van der Waals surface area contributed by atoms with E-state index in [0.29, 0.717) is 5.56 Å². The number of imidazole rings is 1. The van der Waals surface area contributed by atoms with E-state index in [1.165, 1.54) is 46.8 Å². The number of unbranched alkanes of at least 4 members (excludes halogenated alkanes) is 3. The van der Waals surface area contributed by atoms with E-state index in [1.807, 2.05) is 48.2 Å². The van der Waals surface area contributed by atoms with Crippen LogP contribution in [0.1, 0.15) is 38.2 Å². The predicted octanol–water partition coefficient (Wildman–Crippen LogP) is 8.75. The van der Waals surface area contributed by atoms with Crippen LogP contribution in [0, 0.1) is 11.3 Å². The van der Waals surface area contributed by atoms with E-state index in [-0.39, 0.29) is 0 Å². The van der Waals surface area contributed by atoms with Gasteiger partial charge in [-0.1, -0.05) is 62.2 Å². The van der Waals surface area contributed by atoms with Crippen LogP contribution in [-0.4, -0.2) is 16.1 Å². The maximum atomic E-state index is 9.27. The lowest BCUT2D eigenvalue weighted by Gasteiger charge is -2.33. The van der Waals surface area contributed by atoms with Gasteiger partial charge in [0.25, 0.3) is 0 Å². The second-order valence-electron chi connectivity index (χ2n) is 9.38. The quantitative estimate of drug-likeness (QED) is 0.210. The molecule has 0 amide bonds. The zero-order chi connectivity index (χ0) is 25.2. The molecule has 1 aromatic heterocycles. The van der Waals surface area contributed by atoms with Crippen LogP contribution in [0.25, 0.3) is 28.1 Å². The Morgan fingerprint density at radius 1 is 0.811 bits per heavy atom. The van der Waals surface area contributed by atoms with Crippen molar-refractivity contribution < 1.29 is 0 Å².